The summed E-state index contributed by atoms with van der Waals surface area (Å²) in [6.07, 6.45) is 1.95. The molecule has 0 amide bonds. The van der Waals surface area contributed by atoms with Crippen molar-refractivity contribution < 1.29 is 9.53 Å². The minimum absolute atomic E-state index is 0.324. The summed E-state index contributed by atoms with van der Waals surface area (Å²) in [6, 6.07) is 9.02. The second-order valence-corrected chi connectivity index (χ2v) is 5.63. The number of esters is 1. The SMILES string of the molecule is CCOC(=O)c1ccc(NC(=S)N(C)Cc2ccn(CC)n2)cc1. The number of aryl methyl sites for hydroxylation is 1. The van der Waals surface area contributed by atoms with E-state index in [1.54, 1.807) is 31.2 Å². The zero-order valence-electron chi connectivity index (χ0n) is 14.2. The van der Waals surface area contributed by atoms with Crippen molar-refractivity contribution in [1.29, 1.82) is 0 Å². The molecule has 0 unspecified atom stereocenters. The second-order valence-electron chi connectivity index (χ2n) is 5.25. The molecule has 7 heteroatoms. The first-order valence-corrected chi connectivity index (χ1v) is 8.26. The molecule has 0 saturated carbocycles. The van der Waals surface area contributed by atoms with E-state index in [0.717, 1.165) is 17.9 Å². The van der Waals surface area contributed by atoms with E-state index in [9.17, 15) is 4.79 Å². The van der Waals surface area contributed by atoms with E-state index in [4.69, 9.17) is 17.0 Å². The van der Waals surface area contributed by atoms with Crippen molar-refractivity contribution in [3.8, 4) is 0 Å². The van der Waals surface area contributed by atoms with E-state index in [0.29, 0.717) is 23.8 Å². The summed E-state index contributed by atoms with van der Waals surface area (Å²) in [5.74, 6) is -0.324. The van der Waals surface area contributed by atoms with Crippen molar-refractivity contribution in [2.24, 2.45) is 0 Å². The highest BCUT2D eigenvalue weighted by atomic mass is 32.1. The van der Waals surface area contributed by atoms with E-state index in [2.05, 4.69) is 10.4 Å². The lowest BCUT2D eigenvalue weighted by Gasteiger charge is -2.20. The van der Waals surface area contributed by atoms with Gasteiger partial charge >= 0.3 is 5.97 Å². The highest BCUT2D eigenvalue weighted by Crippen LogP contribution is 2.12. The van der Waals surface area contributed by atoms with Crippen molar-refractivity contribution in [3.05, 3.63) is 47.8 Å². The van der Waals surface area contributed by atoms with Gasteiger partial charge in [-0.25, -0.2) is 4.79 Å². The van der Waals surface area contributed by atoms with Crippen LogP contribution in [0.2, 0.25) is 0 Å². The van der Waals surface area contributed by atoms with Crippen molar-refractivity contribution in [3.63, 3.8) is 0 Å². The number of nitrogens with zero attached hydrogens (tertiary/aromatic N) is 3. The van der Waals surface area contributed by atoms with E-state index < -0.39 is 0 Å². The minimum Gasteiger partial charge on any atom is -0.462 e. The molecule has 0 spiro atoms. The molecule has 2 rings (SSSR count). The molecule has 1 N–H and O–H groups in total. The molecule has 2 aromatic rings. The number of ether oxygens (including phenoxy) is 1. The molecule has 1 heterocycles. The fourth-order valence-electron chi connectivity index (χ4n) is 2.10. The molecule has 1 aromatic heterocycles. The van der Waals surface area contributed by atoms with E-state index in [1.807, 2.05) is 35.8 Å². The number of carbonyl (C=O) groups is 1. The van der Waals surface area contributed by atoms with Crippen molar-refractivity contribution >= 4 is 29.0 Å². The molecule has 0 fully saturated rings. The van der Waals surface area contributed by atoms with Crippen LogP contribution in [0.3, 0.4) is 0 Å². The first kappa shape index (κ1) is 17.9. The van der Waals surface area contributed by atoms with Crippen LogP contribution in [0.15, 0.2) is 36.5 Å². The maximum atomic E-state index is 11.6. The lowest BCUT2D eigenvalue weighted by atomic mass is 10.2. The summed E-state index contributed by atoms with van der Waals surface area (Å²) < 4.78 is 6.85. The topological polar surface area (TPSA) is 59.4 Å². The van der Waals surface area contributed by atoms with Crippen LogP contribution in [0.5, 0.6) is 0 Å². The maximum Gasteiger partial charge on any atom is 0.338 e. The third-order valence-electron chi connectivity index (χ3n) is 3.41. The Morgan fingerprint density at radius 2 is 2.00 bits per heavy atom. The average Bonchev–Trinajstić information content (AvgIpc) is 3.03. The Balaban J connectivity index is 1.92. The number of thiocarbonyl (C=S) groups is 1. The van der Waals surface area contributed by atoms with Gasteiger partial charge in [0.25, 0.3) is 0 Å². The quantitative estimate of drug-likeness (QED) is 0.641. The third-order valence-corrected chi connectivity index (χ3v) is 3.83. The number of benzene rings is 1. The molecule has 1 aromatic carbocycles. The van der Waals surface area contributed by atoms with Crippen LogP contribution in [-0.2, 0) is 17.8 Å². The lowest BCUT2D eigenvalue weighted by Crippen LogP contribution is -2.30. The van der Waals surface area contributed by atoms with Crippen molar-refractivity contribution in [2.45, 2.75) is 26.9 Å². The molecule has 0 aliphatic rings. The molecule has 6 nitrogen and oxygen atoms in total. The molecule has 0 atom stereocenters. The van der Waals surface area contributed by atoms with Gasteiger partial charge in [-0.2, -0.15) is 5.10 Å². The van der Waals surface area contributed by atoms with Crippen LogP contribution < -0.4 is 5.32 Å². The summed E-state index contributed by atoms with van der Waals surface area (Å²) in [4.78, 5) is 13.5. The average molecular weight is 346 g/mol. The number of hydrogen-bond donors (Lipinski definition) is 1. The summed E-state index contributed by atoms with van der Waals surface area (Å²) in [7, 11) is 1.91. The van der Waals surface area contributed by atoms with Gasteiger partial charge in [-0.05, 0) is 56.4 Å². The number of rotatable bonds is 6. The molecule has 0 radical (unpaired) electrons. The van der Waals surface area contributed by atoms with Gasteiger partial charge in [0.1, 0.15) is 0 Å². The Labute approximate surface area is 147 Å². The van der Waals surface area contributed by atoms with Gasteiger partial charge in [0.05, 0.1) is 24.4 Å². The number of hydrogen-bond acceptors (Lipinski definition) is 4. The lowest BCUT2D eigenvalue weighted by molar-refractivity contribution is 0.0526. The molecule has 24 heavy (non-hydrogen) atoms. The van der Waals surface area contributed by atoms with E-state index >= 15 is 0 Å². The Hall–Kier alpha value is -2.41. The molecular weight excluding hydrogens is 324 g/mol. The molecule has 0 aliphatic heterocycles. The second kappa shape index (κ2) is 8.44. The summed E-state index contributed by atoms with van der Waals surface area (Å²) in [6.45, 7) is 5.67. The fraction of sp³-hybridized carbons (Fsp3) is 0.353. The Bertz CT molecular complexity index is 697. The predicted molar refractivity (Wildman–Crippen MR) is 98.0 cm³/mol. The smallest absolute Gasteiger partial charge is 0.338 e. The fourth-order valence-corrected chi connectivity index (χ4v) is 2.28. The molecular formula is C17H22N4O2S. The third kappa shape index (κ3) is 4.79. The number of nitrogens with one attached hydrogen (secondary N) is 1. The minimum atomic E-state index is -0.324. The van der Waals surface area contributed by atoms with Gasteiger partial charge < -0.3 is 15.0 Å². The molecule has 0 bridgehead atoms. The van der Waals surface area contributed by atoms with Gasteiger partial charge in [0, 0.05) is 25.5 Å². The molecule has 0 aliphatic carbocycles. The number of carbonyl (C=O) groups excluding carboxylic acids is 1. The number of aromatic nitrogens is 2. The van der Waals surface area contributed by atoms with Crippen molar-refractivity contribution in [1.82, 2.24) is 14.7 Å². The molecule has 128 valence electrons. The van der Waals surface area contributed by atoms with Crippen LogP contribution in [-0.4, -0.2) is 39.4 Å². The summed E-state index contributed by atoms with van der Waals surface area (Å²) >= 11 is 5.41. The van der Waals surface area contributed by atoms with Crippen LogP contribution in [0.25, 0.3) is 0 Å². The van der Waals surface area contributed by atoms with Gasteiger partial charge in [0.2, 0.25) is 0 Å². The summed E-state index contributed by atoms with van der Waals surface area (Å²) in [5, 5.41) is 8.18. The highest BCUT2D eigenvalue weighted by molar-refractivity contribution is 7.80. The van der Waals surface area contributed by atoms with Gasteiger partial charge in [0.15, 0.2) is 5.11 Å². The predicted octanol–water partition coefficient (Wildman–Crippen LogP) is 2.91. The first-order valence-electron chi connectivity index (χ1n) is 7.85. The van der Waals surface area contributed by atoms with Gasteiger partial charge in [-0.3, -0.25) is 4.68 Å². The zero-order chi connectivity index (χ0) is 17.5. The van der Waals surface area contributed by atoms with Crippen LogP contribution >= 0.6 is 12.2 Å². The van der Waals surface area contributed by atoms with Crippen LogP contribution in [0, 0.1) is 0 Å². The monoisotopic (exact) mass is 346 g/mol. The number of anilines is 1. The maximum absolute atomic E-state index is 11.6. The van der Waals surface area contributed by atoms with E-state index in [-0.39, 0.29) is 5.97 Å². The Morgan fingerprint density at radius 3 is 2.58 bits per heavy atom. The van der Waals surface area contributed by atoms with Crippen LogP contribution in [0.1, 0.15) is 29.9 Å². The normalized spacial score (nSPS) is 10.3. The zero-order valence-corrected chi connectivity index (χ0v) is 15.0. The van der Waals surface area contributed by atoms with E-state index in [1.165, 1.54) is 0 Å². The first-order chi connectivity index (χ1) is 11.5. The highest BCUT2D eigenvalue weighted by Gasteiger charge is 2.09. The van der Waals surface area contributed by atoms with Crippen molar-refractivity contribution in [2.75, 3.05) is 19.0 Å². The largest absolute Gasteiger partial charge is 0.462 e. The van der Waals surface area contributed by atoms with Gasteiger partial charge in [-0.15, -0.1) is 0 Å². The standard InChI is InChI=1S/C17H22N4O2S/c1-4-21-11-10-15(19-21)12-20(3)17(24)18-14-8-6-13(7-9-14)16(22)23-5-2/h6-11H,4-5,12H2,1-3H3,(H,18,24). The summed E-state index contributed by atoms with van der Waals surface area (Å²) in [5.41, 5.74) is 2.30. The molecule has 0 saturated heterocycles. The Kier molecular flexibility index (Phi) is 6.31. The Morgan fingerprint density at radius 1 is 1.29 bits per heavy atom. The van der Waals surface area contributed by atoms with Crippen LogP contribution in [0.4, 0.5) is 5.69 Å². The van der Waals surface area contributed by atoms with Gasteiger partial charge in [-0.1, -0.05) is 0 Å².